The Kier molecular flexibility index (Phi) is 5.33. The number of methoxy groups -OCH3 is 1. The van der Waals surface area contributed by atoms with E-state index in [9.17, 15) is 4.79 Å². The van der Waals surface area contributed by atoms with Crippen molar-refractivity contribution in [1.29, 1.82) is 0 Å². The number of hydrogen-bond donors (Lipinski definition) is 1. The molecule has 0 aliphatic rings. The van der Waals surface area contributed by atoms with Gasteiger partial charge >= 0.3 is 0 Å². The monoisotopic (exact) mass is 421 g/mol. The van der Waals surface area contributed by atoms with Gasteiger partial charge in [-0.15, -0.1) is 0 Å². The van der Waals surface area contributed by atoms with Gasteiger partial charge in [0.15, 0.2) is 11.5 Å². The lowest BCUT2D eigenvalue weighted by Crippen LogP contribution is -2.16. The first kappa shape index (κ1) is 19.8. The van der Waals surface area contributed by atoms with Gasteiger partial charge in [-0.1, -0.05) is 35.9 Å². The molecular formula is C23H20ClN3O3. The van der Waals surface area contributed by atoms with Crippen LogP contribution in [0.25, 0.3) is 10.9 Å². The van der Waals surface area contributed by atoms with Gasteiger partial charge in [-0.2, -0.15) is 0 Å². The Morgan fingerprint density at radius 2 is 1.90 bits per heavy atom. The zero-order chi connectivity index (χ0) is 21.3. The molecular weight excluding hydrogens is 402 g/mol. The Morgan fingerprint density at radius 3 is 2.60 bits per heavy atom. The van der Waals surface area contributed by atoms with Crippen LogP contribution in [-0.2, 0) is 7.05 Å². The quantitative estimate of drug-likeness (QED) is 0.456. The molecule has 0 atom stereocenters. The third-order valence-corrected chi connectivity index (χ3v) is 5.17. The molecule has 0 spiro atoms. The van der Waals surface area contributed by atoms with Crippen molar-refractivity contribution in [2.45, 2.75) is 6.92 Å². The van der Waals surface area contributed by atoms with Gasteiger partial charge in [-0.3, -0.25) is 4.79 Å². The molecule has 0 radical (unpaired) electrons. The highest BCUT2D eigenvalue weighted by Crippen LogP contribution is 2.32. The topological polar surface area (TPSA) is 65.4 Å². The Bertz CT molecular complexity index is 1190. The lowest BCUT2D eigenvalue weighted by molar-refractivity contribution is 0.102. The summed E-state index contributed by atoms with van der Waals surface area (Å²) in [7, 11) is 3.40. The number of aromatic nitrogens is 2. The van der Waals surface area contributed by atoms with Crippen molar-refractivity contribution in [2.24, 2.45) is 7.05 Å². The van der Waals surface area contributed by atoms with Crippen LogP contribution in [0.1, 0.15) is 16.1 Å². The number of anilines is 1. The van der Waals surface area contributed by atoms with Gasteiger partial charge in [0.25, 0.3) is 5.91 Å². The average Bonchev–Trinajstić information content (AvgIpc) is 3.01. The summed E-state index contributed by atoms with van der Waals surface area (Å²) in [6, 6.07) is 16.7. The molecule has 0 fully saturated rings. The van der Waals surface area contributed by atoms with Crippen molar-refractivity contribution >= 4 is 34.1 Å². The van der Waals surface area contributed by atoms with Crippen molar-refractivity contribution in [1.82, 2.24) is 9.55 Å². The van der Waals surface area contributed by atoms with Crippen LogP contribution in [0, 0.1) is 6.92 Å². The summed E-state index contributed by atoms with van der Waals surface area (Å²) in [5.74, 6) is 1.27. The molecule has 152 valence electrons. The maximum atomic E-state index is 12.8. The minimum absolute atomic E-state index is 0.311. The van der Waals surface area contributed by atoms with E-state index in [-0.39, 0.29) is 5.91 Å². The normalized spacial score (nSPS) is 10.8. The number of ether oxygens (including phenoxy) is 2. The van der Waals surface area contributed by atoms with Gasteiger partial charge in [0.1, 0.15) is 5.69 Å². The molecule has 2 heterocycles. The first-order valence-corrected chi connectivity index (χ1v) is 9.68. The number of amides is 1. The molecule has 0 bridgehead atoms. The van der Waals surface area contributed by atoms with Gasteiger partial charge < -0.3 is 19.4 Å². The number of carbonyl (C=O) groups excluding carboxylic acids is 1. The molecule has 30 heavy (non-hydrogen) atoms. The number of carbonyl (C=O) groups is 1. The summed E-state index contributed by atoms with van der Waals surface area (Å²) in [4.78, 5) is 17.1. The molecule has 0 saturated heterocycles. The third kappa shape index (κ3) is 3.69. The number of para-hydroxylation sites is 1. The molecule has 0 unspecified atom stereocenters. The molecule has 2 aromatic carbocycles. The number of aryl methyl sites for hydroxylation is 2. The second-order valence-corrected chi connectivity index (χ2v) is 7.21. The highest BCUT2D eigenvalue weighted by Gasteiger charge is 2.20. The summed E-state index contributed by atoms with van der Waals surface area (Å²) in [6.07, 6.45) is 1.53. The lowest BCUT2D eigenvalue weighted by Gasteiger charge is -2.11. The highest BCUT2D eigenvalue weighted by atomic mass is 35.5. The SMILES string of the molecule is COc1cc(C)ccc1Oc1ccc(NC(=O)c2c(Cl)c3ccccc3n2C)cn1. The van der Waals surface area contributed by atoms with E-state index in [1.807, 2.05) is 56.4 Å². The molecule has 0 aliphatic carbocycles. The van der Waals surface area contributed by atoms with Crippen molar-refractivity contribution < 1.29 is 14.3 Å². The molecule has 7 heteroatoms. The Balaban J connectivity index is 1.52. The number of rotatable bonds is 5. The van der Waals surface area contributed by atoms with Crippen molar-refractivity contribution in [2.75, 3.05) is 12.4 Å². The van der Waals surface area contributed by atoms with Crippen molar-refractivity contribution in [3.63, 3.8) is 0 Å². The van der Waals surface area contributed by atoms with Gasteiger partial charge in [-0.05, 0) is 36.8 Å². The molecule has 4 aromatic rings. The number of benzene rings is 2. The van der Waals surface area contributed by atoms with E-state index in [2.05, 4.69) is 10.3 Å². The fraction of sp³-hybridized carbons (Fsp3) is 0.130. The average molecular weight is 422 g/mol. The van der Waals surface area contributed by atoms with E-state index < -0.39 is 0 Å². The molecule has 1 amide bonds. The lowest BCUT2D eigenvalue weighted by atomic mass is 10.2. The van der Waals surface area contributed by atoms with Crippen molar-refractivity contribution in [3.05, 3.63) is 77.1 Å². The summed E-state index contributed by atoms with van der Waals surface area (Å²) < 4.78 is 12.9. The smallest absolute Gasteiger partial charge is 0.273 e. The zero-order valence-electron chi connectivity index (χ0n) is 16.8. The van der Waals surface area contributed by atoms with Crippen molar-refractivity contribution in [3.8, 4) is 17.4 Å². The van der Waals surface area contributed by atoms with E-state index in [1.54, 1.807) is 23.8 Å². The standard InChI is InChI=1S/C23H20ClN3O3/c1-14-8-10-18(19(12-14)29-3)30-20-11-9-15(13-25-20)26-23(28)22-21(24)16-6-4-5-7-17(16)27(22)2/h4-13H,1-3H3,(H,26,28). The van der Waals surface area contributed by atoms with E-state index >= 15 is 0 Å². The summed E-state index contributed by atoms with van der Waals surface area (Å²) in [6.45, 7) is 1.98. The van der Waals surface area contributed by atoms with Crippen LogP contribution in [0.5, 0.6) is 17.4 Å². The van der Waals surface area contributed by atoms with Crippen LogP contribution >= 0.6 is 11.6 Å². The number of halogens is 1. The highest BCUT2D eigenvalue weighted by molar-refractivity contribution is 6.39. The van der Waals surface area contributed by atoms with E-state index in [0.29, 0.717) is 33.8 Å². The van der Waals surface area contributed by atoms with Crippen LogP contribution in [0.15, 0.2) is 60.8 Å². The third-order valence-electron chi connectivity index (χ3n) is 4.79. The number of hydrogen-bond acceptors (Lipinski definition) is 4. The fourth-order valence-electron chi connectivity index (χ4n) is 3.28. The van der Waals surface area contributed by atoms with Crippen LogP contribution < -0.4 is 14.8 Å². The van der Waals surface area contributed by atoms with E-state index in [0.717, 1.165) is 16.5 Å². The molecule has 2 aromatic heterocycles. The number of nitrogens with zero attached hydrogens (tertiary/aromatic N) is 2. The minimum Gasteiger partial charge on any atom is -0.493 e. The first-order chi connectivity index (χ1) is 14.5. The van der Waals surface area contributed by atoms with Crippen LogP contribution in [0.3, 0.4) is 0 Å². The van der Waals surface area contributed by atoms with E-state index in [1.165, 1.54) is 6.20 Å². The Hall–Kier alpha value is -3.51. The zero-order valence-corrected chi connectivity index (χ0v) is 17.5. The maximum absolute atomic E-state index is 12.8. The van der Waals surface area contributed by atoms with Gasteiger partial charge in [-0.25, -0.2) is 4.98 Å². The van der Waals surface area contributed by atoms with Crippen LogP contribution in [-0.4, -0.2) is 22.6 Å². The van der Waals surface area contributed by atoms with Crippen LogP contribution in [0.2, 0.25) is 5.02 Å². The summed E-state index contributed by atoms with van der Waals surface area (Å²) in [5.41, 5.74) is 2.88. The maximum Gasteiger partial charge on any atom is 0.273 e. The number of pyridine rings is 1. The molecule has 1 N–H and O–H groups in total. The predicted octanol–water partition coefficient (Wildman–Crippen LogP) is 5.59. The van der Waals surface area contributed by atoms with Gasteiger partial charge in [0.2, 0.25) is 5.88 Å². The van der Waals surface area contributed by atoms with Gasteiger partial charge in [0.05, 0.1) is 24.0 Å². The number of fused-ring (bicyclic) bond motifs is 1. The van der Waals surface area contributed by atoms with Gasteiger partial charge in [0, 0.05) is 24.0 Å². The number of nitrogens with one attached hydrogen (secondary N) is 1. The molecule has 0 aliphatic heterocycles. The molecule has 0 saturated carbocycles. The molecule has 4 rings (SSSR count). The van der Waals surface area contributed by atoms with Crippen LogP contribution in [0.4, 0.5) is 5.69 Å². The minimum atomic E-state index is -0.311. The summed E-state index contributed by atoms with van der Waals surface area (Å²) >= 11 is 6.45. The Morgan fingerprint density at radius 1 is 1.10 bits per heavy atom. The molecule has 6 nitrogen and oxygen atoms in total. The van der Waals surface area contributed by atoms with E-state index in [4.69, 9.17) is 21.1 Å². The Labute approximate surface area is 179 Å². The first-order valence-electron chi connectivity index (χ1n) is 9.30. The second-order valence-electron chi connectivity index (χ2n) is 6.83. The fourth-order valence-corrected chi connectivity index (χ4v) is 3.65. The summed E-state index contributed by atoms with van der Waals surface area (Å²) in [5, 5.41) is 4.09. The second kappa shape index (κ2) is 8.08. The predicted molar refractivity (Wildman–Crippen MR) is 118 cm³/mol. The largest absolute Gasteiger partial charge is 0.493 e.